The topological polar surface area (TPSA) is 97.7 Å². The van der Waals surface area contributed by atoms with Crippen molar-refractivity contribution < 1.29 is 29.0 Å². The van der Waals surface area contributed by atoms with Gasteiger partial charge in [-0.3, -0.25) is 19.2 Å². The van der Waals surface area contributed by atoms with Crippen molar-refractivity contribution in [3.63, 3.8) is 0 Å². The molecule has 0 amide bonds. The zero-order valence-electron chi connectivity index (χ0n) is 21.1. The SMILES string of the molecule is CC(=O)O[C@@]12C(=O)C(=O)C(=C(O)C1=O)C/C=C(\C)CC/C=C(\C)CC/C=C(\C)C[C@@H]2C=C(C)C. The van der Waals surface area contributed by atoms with Crippen molar-refractivity contribution in [2.24, 2.45) is 5.92 Å². The van der Waals surface area contributed by atoms with Gasteiger partial charge in [-0.25, -0.2) is 0 Å². The Morgan fingerprint density at radius 3 is 2.06 bits per heavy atom. The van der Waals surface area contributed by atoms with E-state index in [2.05, 4.69) is 13.0 Å². The number of ether oxygens (including phenoxy) is 1. The molecule has 0 aromatic heterocycles. The Morgan fingerprint density at radius 2 is 1.50 bits per heavy atom. The Bertz CT molecular complexity index is 1030. The molecule has 34 heavy (non-hydrogen) atoms. The van der Waals surface area contributed by atoms with E-state index in [-0.39, 0.29) is 18.4 Å². The predicted octanol–water partition coefficient (Wildman–Crippen LogP) is 5.60. The van der Waals surface area contributed by atoms with Crippen LogP contribution in [0.15, 0.2) is 57.9 Å². The fourth-order valence-electron chi connectivity index (χ4n) is 4.48. The summed E-state index contributed by atoms with van der Waals surface area (Å²) in [5, 5.41) is 10.8. The maximum Gasteiger partial charge on any atom is 0.304 e. The molecule has 184 valence electrons. The lowest BCUT2D eigenvalue weighted by molar-refractivity contribution is -0.177. The summed E-state index contributed by atoms with van der Waals surface area (Å²) in [6.45, 7) is 10.6. The molecule has 3 aliphatic rings. The summed E-state index contributed by atoms with van der Waals surface area (Å²) < 4.78 is 5.41. The molecule has 0 fully saturated rings. The van der Waals surface area contributed by atoms with Gasteiger partial charge in [0.15, 0.2) is 5.76 Å². The number of hydrogen-bond donors (Lipinski definition) is 1. The lowest BCUT2D eigenvalue weighted by Gasteiger charge is -2.38. The number of rotatable bonds is 2. The summed E-state index contributed by atoms with van der Waals surface area (Å²) in [5.74, 6) is -5.74. The van der Waals surface area contributed by atoms with Crippen molar-refractivity contribution in [2.75, 3.05) is 0 Å². The number of esters is 1. The molecule has 3 rings (SSSR count). The van der Waals surface area contributed by atoms with Crippen LogP contribution >= 0.6 is 0 Å². The smallest absolute Gasteiger partial charge is 0.304 e. The minimum absolute atomic E-state index is 0.0426. The molecule has 3 aliphatic carbocycles. The molecule has 0 aromatic carbocycles. The Kier molecular flexibility index (Phi) is 9.14. The average molecular weight is 469 g/mol. The molecular weight excluding hydrogens is 432 g/mol. The van der Waals surface area contributed by atoms with Gasteiger partial charge in [-0.15, -0.1) is 0 Å². The highest BCUT2D eigenvalue weighted by Gasteiger charge is 2.61. The van der Waals surface area contributed by atoms with Crippen LogP contribution in [0.25, 0.3) is 0 Å². The number of fused-ring (bicyclic) bond motifs is 11. The summed E-state index contributed by atoms with van der Waals surface area (Å²) in [7, 11) is 0. The third-order valence-corrected chi connectivity index (χ3v) is 6.28. The summed E-state index contributed by atoms with van der Waals surface area (Å²) in [6, 6.07) is 0. The molecule has 0 aromatic rings. The normalized spacial score (nSPS) is 29.9. The van der Waals surface area contributed by atoms with Gasteiger partial charge in [0.2, 0.25) is 17.2 Å². The van der Waals surface area contributed by atoms with Gasteiger partial charge in [-0.1, -0.05) is 46.6 Å². The number of ketones is 3. The third kappa shape index (κ3) is 6.10. The van der Waals surface area contributed by atoms with Crippen LogP contribution in [0, 0.1) is 5.92 Å². The predicted molar refractivity (Wildman–Crippen MR) is 131 cm³/mol. The largest absolute Gasteiger partial charge is 0.504 e. The van der Waals surface area contributed by atoms with Crippen molar-refractivity contribution in [2.45, 2.75) is 85.7 Å². The van der Waals surface area contributed by atoms with Crippen LogP contribution in [0.4, 0.5) is 0 Å². The molecule has 0 saturated carbocycles. The number of Topliss-reactive ketones (excluding diaryl/α,β-unsaturated/α-hetero) is 3. The van der Waals surface area contributed by atoms with Gasteiger partial charge in [0.05, 0.1) is 5.57 Å². The summed E-state index contributed by atoms with van der Waals surface area (Å²) >= 11 is 0. The first-order valence-electron chi connectivity index (χ1n) is 11.8. The average Bonchev–Trinajstić information content (AvgIpc) is 2.74. The maximum atomic E-state index is 13.6. The van der Waals surface area contributed by atoms with Crippen LogP contribution in [-0.2, 0) is 23.9 Å². The first kappa shape index (κ1) is 27.2. The molecule has 0 radical (unpaired) electrons. The first-order chi connectivity index (χ1) is 15.9. The maximum absolute atomic E-state index is 13.6. The van der Waals surface area contributed by atoms with Crippen LogP contribution < -0.4 is 0 Å². The molecule has 6 heteroatoms. The fourth-order valence-corrected chi connectivity index (χ4v) is 4.48. The van der Waals surface area contributed by atoms with Crippen LogP contribution in [-0.4, -0.2) is 34.0 Å². The number of aliphatic hydroxyl groups excluding tert-OH is 1. The van der Waals surface area contributed by atoms with Gasteiger partial charge in [0.25, 0.3) is 5.78 Å². The van der Waals surface area contributed by atoms with Gasteiger partial charge in [-0.2, -0.15) is 0 Å². The van der Waals surface area contributed by atoms with E-state index in [9.17, 15) is 24.3 Å². The minimum Gasteiger partial charge on any atom is -0.504 e. The molecule has 2 atom stereocenters. The van der Waals surface area contributed by atoms with E-state index in [0.717, 1.165) is 49.3 Å². The van der Waals surface area contributed by atoms with Gasteiger partial charge >= 0.3 is 5.97 Å². The van der Waals surface area contributed by atoms with E-state index in [0.29, 0.717) is 0 Å². The van der Waals surface area contributed by atoms with Crippen molar-refractivity contribution in [1.29, 1.82) is 0 Å². The van der Waals surface area contributed by atoms with Crippen molar-refractivity contribution in [3.8, 4) is 0 Å². The van der Waals surface area contributed by atoms with Crippen molar-refractivity contribution >= 4 is 23.3 Å². The van der Waals surface area contributed by atoms with Gasteiger partial charge < -0.3 is 9.84 Å². The Hall–Kier alpha value is -3.02. The second-order valence-corrected chi connectivity index (χ2v) is 9.63. The second-order valence-electron chi connectivity index (χ2n) is 9.63. The Morgan fingerprint density at radius 1 is 0.941 bits per heavy atom. The molecular formula is C28H36O6. The number of carbonyl (C=O) groups excluding carboxylic acids is 4. The third-order valence-electron chi connectivity index (χ3n) is 6.28. The van der Waals surface area contributed by atoms with Crippen molar-refractivity contribution in [3.05, 3.63) is 57.9 Å². The Balaban J connectivity index is 2.76. The summed E-state index contributed by atoms with van der Waals surface area (Å²) in [6.07, 6.45) is 11.1. The minimum atomic E-state index is -2.43. The zero-order valence-corrected chi connectivity index (χ0v) is 21.1. The summed E-state index contributed by atoms with van der Waals surface area (Å²) in [4.78, 5) is 52.4. The van der Waals surface area contributed by atoms with E-state index in [1.807, 2.05) is 19.9 Å². The zero-order chi connectivity index (χ0) is 25.6. The molecule has 0 heterocycles. The van der Waals surface area contributed by atoms with E-state index in [1.165, 1.54) is 5.57 Å². The van der Waals surface area contributed by atoms with E-state index in [4.69, 9.17) is 4.74 Å². The standard InChI is InChI=1S/C28H36O6/c1-17(2)15-22-16-20(5)12-8-10-18(3)9-7-11-19(4)13-14-23-24(30)26(32)28(22,34-21(6)29)27(33)25(23)31/h9,12-13,15,22,30H,7-8,10-11,14,16H2,1-6H3/b18-9+,19-13+,20-12+/t22-,28+/m0/s1. The van der Waals surface area contributed by atoms with Gasteiger partial charge in [0.1, 0.15) is 0 Å². The van der Waals surface area contributed by atoms with Crippen LogP contribution in [0.3, 0.4) is 0 Å². The van der Waals surface area contributed by atoms with E-state index >= 15 is 0 Å². The lowest BCUT2D eigenvalue weighted by atomic mass is 9.69. The van der Waals surface area contributed by atoms with E-state index in [1.54, 1.807) is 26.0 Å². The Labute approximate surface area is 202 Å². The van der Waals surface area contributed by atoms with Crippen LogP contribution in [0.1, 0.15) is 80.1 Å². The van der Waals surface area contributed by atoms with Crippen LogP contribution in [0.5, 0.6) is 0 Å². The molecule has 0 saturated heterocycles. The second kappa shape index (κ2) is 11.4. The highest BCUT2D eigenvalue weighted by atomic mass is 16.6. The summed E-state index contributed by atoms with van der Waals surface area (Å²) in [5.41, 5.74) is 1.26. The highest BCUT2D eigenvalue weighted by Crippen LogP contribution is 2.39. The quantitative estimate of drug-likeness (QED) is 0.245. The number of allylic oxidation sites excluding steroid dienone is 8. The number of hydrogen-bond acceptors (Lipinski definition) is 6. The highest BCUT2D eigenvalue weighted by molar-refractivity contribution is 6.54. The molecule has 0 aliphatic heterocycles. The first-order valence-corrected chi connectivity index (χ1v) is 11.8. The van der Waals surface area contributed by atoms with Gasteiger partial charge in [-0.05, 0) is 73.1 Å². The van der Waals surface area contributed by atoms with Crippen LogP contribution in [0.2, 0.25) is 0 Å². The molecule has 2 bridgehead atoms. The van der Waals surface area contributed by atoms with Crippen molar-refractivity contribution in [1.82, 2.24) is 0 Å². The fraction of sp³-hybridized carbons (Fsp3) is 0.500. The van der Waals surface area contributed by atoms with Gasteiger partial charge in [0, 0.05) is 12.8 Å². The molecule has 0 spiro atoms. The number of carbonyl (C=O) groups is 4. The van der Waals surface area contributed by atoms with E-state index < -0.39 is 40.6 Å². The molecule has 0 unspecified atom stereocenters. The molecule has 6 nitrogen and oxygen atoms in total. The number of aliphatic hydroxyl groups is 1. The monoisotopic (exact) mass is 468 g/mol. The lowest BCUT2D eigenvalue weighted by Crippen LogP contribution is -2.61. The molecule has 1 N–H and O–H groups in total.